The zero-order chi connectivity index (χ0) is 6.41. The van der Waals surface area contributed by atoms with E-state index in [1.165, 1.54) is 6.26 Å². The first-order valence-electron chi connectivity index (χ1n) is 2.70. The summed E-state index contributed by atoms with van der Waals surface area (Å²) in [6.07, 6.45) is 5.00. The molecule has 46 valence electrons. The van der Waals surface area contributed by atoms with Gasteiger partial charge in [0.2, 0.25) is 0 Å². The van der Waals surface area contributed by atoms with Gasteiger partial charge in [-0.3, -0.25) is 0 Å². The maximum Gasteiger partial charge on any atom is 0.0863 e. The number of hydrogen-bond donors (Lipinski definition) is 0. The summed E-state index contributed by atoms with van der Waals surface area (Å²) >= 11 is 0. The van der Waals surface area contributed by atoms with Crippen LogP contribution < -0.4 is 0 Å². The molecule has 0 aliphatic heterocycles. The Bertz CT molecular complexity index is 82.4. The second-order valence-electron chi connectivity index (χ2n) is 1.88. The lowest BCUT2D eigenvalue weighted by Gasteiger charge is -1.91. The molecule has 0 radical (unpaired) electrons. The predicted molar refractivity (Wildman–Crippen MR) is 35.3 cm³/mol. The minimum Gasteiger partial charge on any atom is -0.474 e. The molecule has 0 fully saturated rings. The summed E-state index contributed by atoms with van der Waals surface area (Å²) < 4.78 is 4.73. The van der Waals surface area contributed by atoms with Crippen molar-refractivity contribution >= 4 is 0 Å². The first-order valence-corrected chi connectivity index (χ1v) is 2.70. The van der Waals surface area contributed by atoms with Crippen molar-refractivity contribution in [3.63, 3.8) is 0 Å². The van der Waals surface area contributed by atoms with Gasteiger partial charge in [0, 0.05) is 0 Å². The molecule has 0 aromatic carbocycles. The third-order valence-corrected chi connectivity index (χ3v) is 0.638. The lowest BCUT2D eigenvalue weighted by atomic mass is 10.2. The molecule has 8 heavy (non-hydrogen) atoms. The molecule has 0 heterocycles. The van der Waals surface area contributed by atoms with Gasteiger partial charge in [0.1, 0.15) is 0 Å². The molecule has 0 unspecified atom stereocenters. The number of hydrogen-bond acceptors (Lipinski definition) is 1. The SMILES string of the molecule is C=COC=CC(C)C. The van der Waals surface area contributed by atoms with E-state index in [0.717, 1.165) is 0 Å². The van der Waals surface area contributed by atoms with Crippen molar-refractivity contribution in [2.45, 2.75) is 13.8 Å². The Morgan fingerprint density at radius 2 is 2.12 bits per heavy atom. The number of ether oxygens (including phenoxy) is 1. The number of allylic oxidation sites excluding steroid dienone is 1. The Morgan fingerprint density at radius 3 is 2.50 bits per heavy atom. The minimum absolute atomic E-state index is 0.551. The van der Waals surface area contributed by atoms with E-state index in [4.69, 9.17) is 4.74 Å². The quantitative estimate of drug-likeness (QED) is 0.509. The van der Waals surface area contributed by atoms with Gasteiger partial charge in [0.05, 0.1) is 12.5 Å². The highest BCUT2D eigenvalue weighted by molar-refractivity contribution is 4.78. The van der Waals surface area contributed by atoms with Crippen LogP contribution in [0.5, 0.6) is 0 Å². The lowest BCUT2D eigenvalue weighted by Crippen LogP contribution is -1.76. The van der Waals surface area contributed by atoms with Crippen molar-refractivity contribution in [1.82, 2.24) is 0 Å². The Kier molecular flexibility index (Phi) is 4.04. The van der Waals surface area contributed by atoms with Crippen molar-refractivity contribution < 1.29 is 4.74 Å². The molecular weight excluding hydrogens is 100 g/mol. The molecule has 0 spiro atoms. The maximum atomic E-state index is 4.73. The van der Waals surface area contributed by atoms with Gasteiger partial charge in [0.15, 0.2) is 0 Å². The first kappa shape index (κ1) is 7.28. The van der Waals surface area contributed by atoms with Gasteiger partial charge in [0.25, 0.3) is 0 Å². The van der Waals surface area contributed by atoms with Crippen LogP contribution in [0.2, 0.25) is 0 Å². The van der Waals surface area contributed by atoms with Gasteiger partial charge in [-0.05, 0) is 12.0 Å². The molecular formula is C7H12O. The van der Waals surface area contributed by atoms with Gasteiger partial charge in [-0.25, -0.2) is 0 Å². The Labute approximate surface area is 50.7 Å². The van der Waals surface area contributed by atoms with E-state index in [0.29, 0.717) is 5.92 Å². The van der Waals surface area contributed by atoms with Crippen molar-refractivity contribution in [1.29, 1.82) is 0 Å². The molecule has 1 heteroatoms. The second-order valence-corrected chi connectivity index (χ2v) is 1.88. The fourth-order valence-corrected chi connectivity index (χ4v) is 0.258. The van der Waals surface area contributed by atoms with Crippen LogP contribution in [0, 0.1) is 5.92 Å². The summed E-state index contributed by atoms with van der Waals surface area (Å²) in [6.45, 7) is 7.56. The van der Waals surface area contributed by atoms with E-state index in [2.05, 4.69) is 20.4 Å². The normalized spacial score (nSPS) is 10.4. The topological polar surface area (TPSA) is 9.23 Å². The molecule has 0 amide bonds. The van der Waals surface area contributed by atoms with Crippen LogP contribution in [-0.2, 0) is 4.74 Å². The monoisotopic (exact) mass is 112 g/mol. The minimum atomic E-state index is 0.551. The molecule has 0 saturated carbocycles. The van der Waals surface area contributed by atoms with Gasteiger partial charge < -0.3 is 4.74 Å². The van der Waals surface area contributed by atoms with Crippen molar-refractivity contribution in [2.75, 3.05) is 0 Å². The van der Waals surface area contributed by atoms with E-state index in [9.17, 15) is 0 Å². The molecule has 1 nitrogen and oxygen atoms in total. The zero-order valence-corrected chi connectivity index (χ0v) is 5.42. The summed E-state index contributed by atoms with van der Waals surface area (Å²) in [5.74, 6) is 0.551. The molecule has 0 bridgehead atoms. The average Bonchev–Trinajstić information content (AvgIpc) is 1.66. The highest BCUT2D eigenvalue weighted by atomic mass is 16.5. The van der Waals surface area contributed by atoms with Crippen LogP contribution >= 0.6 is 0 Å². The summed E-state index contributed by atoms with van der Waals surface area (Å²) in [5, 5.41) is 0. The predicted octanol–water partition coefficient (Wildman–Crippen LogP) is 2.32. The van der Waals surface area contributed by atoms with Crippen molar-refractivity contribution in [3.05, 3.63) is 25.2 Å². The van der Waals surface area contributed by atoms with E-state index in [1.54, 1.807) is 6.26 Å². The lowest BCUT2D eigenvalue weighted by molar-refractivity contribution is 0.400. The average molecular weight is 112 g/mol. The summed E-state index contributed by atoms with van der Waals surface area (Å²) in [6, 6.07) is 0. The standard InChI is InChI=1S/C7H12O/c1-4-8-6-5-7(2)3/h4-7H,1H2,2-3H3. The van der Waals surface area contributed by atoms with Crippen LogP contribution in [-0.4, -0.2) is 0 Å². The van der Waals surface area contributed by atoms with E-state index >= 15 is 0 Å². The van der Waals surface area contributed by atoms with Gasteiger partial charge in [-0.15, -0.1) is 0 Å². The Morgan fingerprint density at radius 1 is 1.50 bits per heavy atom. The largest absolute Gasteiger partial charge is 0.474 e. The number of rotatable bonds is 3. The third-order valence-electron chi connectivity index (χ3n) is 0.638. The first-order chi connectivity index (χ1) is 3.77. The highest BCUT2D eigenvalue weighted by Crippen LogP contribution is 1.92. The Balaban J connectivity index is 3.19. The van der Waals surface area contributed by atoms with Gasteiger partial charge in [-0.2, -0.15) is 0 Å². The molecule has 0 aliphatic carbocycles. The fourth-order valence-electron chi connectivity index (χ4n) is 0.258. The summed E-state index contributed by atoms with van der Waals surface area (Å²) in [5.41, 5.74) is 0. The van der Waals surface area contributed by atoms with Crippen LogP contribution in [0.3, 0.4) is 0 Å². The van der Waals surface area contributed by atoms with Crippen LogP contribution in [0.25, 0.3) is 0 Å². The van der Waals surface area contributed by atoms with Crippen LogP contribution in [0.4, 0.5) is 0 Å². The smallest absolute Gasteiger partial charge is 0.0863 e. The van der Waals surface area contributed by atoms with Gasteiger partial charge >= 0.3 is 0 Å². The van der Waals surface area contributed by atoms with Crippen LogP contribution in [0.15, 0.2) is 25.2 Å². The fraction of sp³-hybridized carbons (Fsp3) is 0.429. The summed E-state index contributed by atoms with van der Waals surface area (Å²) in [7, 11) is 0. The summed E-state index contributed by atoms with van der Waals surface area (Å²) in [4.78, 5) is 0. The second kappa shape index (κ2) is 4.44. The van der Waals surface area contributed by atoms with Gasteiger partial charge in [-0.1, -0.05) is 20.4 Å². The molecule has 0 saturated heterocycles. The molecule has 0 N–H and O–H groups in total. The molecule has 0 atom stereocenters. The van der Waals surface area contributed by atoms with E-state index in [-0.39, 0.29) is 0 Å². The highest BCUT2D eigenvalue weighted by Gasteiger charge is 1.79. The Hall–Kier alpha value is -0.720. The molecule has 0 aromatic heterocycles. The third kappa shape index (κ3) is 5.28. The maximum absolute atomic E-state index is 4.73. The van der Waals surface area contributed by atoms with Crippen molar-refractivity contribution in [2.24, 2.45) is 5.92 Å². The van der Waals surface area contributed by atoms with Crippen molar-refractivity contribution in [3.8, 4) is 0 Å². The molecule has 0 aromatic rings. The molecule has 0 aliphatic rings. The molecule has 0 rings (SSSR count). The van der Waals surface area contributed by atoms with E-state index in [1.807, 2.05) is 6.08 Å². The zero-order valence-electron chi connectivity index (χ0n) is 5.42. The van der Waals surface area contributed by atoms with Crippen LogP contribution in [0.1, 0.15) is 13.8 Å². The van der Waals surface area contributed by atoms with E-state index < -0.39 is 0 Å².